The Morgan fingerprint density at radius 1 is 1.50 bits per heavy atom. The number of nitrogens with two attached hydrogens (primary N) is 1. The van der Waals surface area contributed by atoms with Crippen molar-refractivity contribution >= 4 is 34.1 Å². The molecule has 2 N–H and O–H groups in total. The lowest BCUT2D eigenvalue weighted by Crippen LogP contribution is -2.15. The minimum atomic E-state index is -0.213. The van der Waals surface area contributed by atoms with Crippen molar-refractivity contribution in [3.8, 4) is 0 Å². The van der Waals surface area contributed by atoms with Crippen LogP contribution >= 0.6 is 23.3 Å². The van der Waals surface area contributed by atoms with E-state index in [1.807, 2.05) is 24.3 Å². The summed E-state index contributed by atoms with van der Waals surface area (Å²) < 4.78 is 17.3. The lowest BCUT2D eigenvalue weighted by molar-refractivity contribution is 0.625. The van der Waals surface area contributed by atoms with E-state index in [1.54, 1.807) is 23.9 Å². The summed E-state index contributed by atoms with van der Waals surface area (Å²) >= 11 is 2.95. The predicted octanol–water partition coefficient (Wildman–Crippen LogP) is 3.22. The van der Waals surface area contributed by atoms with Gasteiger partial charge in [0, 0.05) is 13.6 Å². The molecule has 1 heterocycles. The van der Waals surface area contributed by atoms with Crippen molar-refractivity contribution in [3.63, 3.8) is 0 Å². The lowest BCUT2D eigenvalue weighted by Gasteiger charge is -2.18. The van der Waals surface area contributed by atoms with Crippen LogP contribution in [-0.2, 0) is 6.54 Å². The van der Waals surface area contributed by atoms with E-state index >= 15 is 0 Å². The van der Waals surface area contributed by atoms with Gasteiger partial charge in [0.05, 0.1) is 4.90 Å². The molecule has 2 rings (SSSR count). The minimum absolute atomic E-state index is 0.213. The molecule has 3 nitrogen and oxygen atoms in total. The monoisotopic (exact) mass is 283 g/mol. The molecule has 0 fully saturated rings. The number of nitrogen functional groups attached to an aromatic ring is 1. The highest BCUT2D eigenvalue weighted by atomic mass is 32.2. The van der Waals surface area contributed by atoms with Gasteiger partial charge in [-0.25, -0.2) is 4.39 Å². The van der Waals surface area contributed by atoms with Gasteiger partial charge in [-0.05, 0) is 35.5 Å². The predicted molar refractivity (Wildman–Crippen MR) is 76.8 cm³/mol. The van der Waals surface area contributed by atoms with Gasteiger partial charge in [-0.3, -0.25) is 0 Å². The number of thioether (sulfide) groups is 1. The van der Waals surface area contributed by atoms with Gasteiger partial charge in [-0.2, -0.15) is 4.37 Å². The van der Waals surface area contributed by atoms with E-state index in [0.29, 0.717) is 12.4 Å². The summed E-state index contributed by atoms with van der Waals surface area (Å²) in [5.41, 5.74) is 6.73. The zero-order valence-electron chi connectivity index (χ0n) is 10.2. The Kier molecular flexibility index (Phi) is 4.08. The van der Waals surface area contributed by atoms with Crippen LogP contribution in [0.5, 0.6) is 0 Å². The maximum absolute atomic E-state index is 13.1. The molecule has 0 aliphatic carbocycles. The molecule has 0 saturated heterocycles. The summed E-state index contributed by atoms with van der Waals surface area (Å²) in [5, 5.41) is 1.02. The molecule has 0 saturated carbocycles. The fourth-order valence-corrected chi connectivity index (χ4v) is 3.37. The largest absolute Gasteiger partial charge is 0.382 e. The number of nitrogens with zero attached hydrogens (tertiary/aromatic N) is 2. The van der Waals surface area contributed by atoms with Crippen molar-refractivity contribution in [1.82, 2.24) is 4.37 Å². The number of benzene rings is 1. The Morgan fingerprint density at radius 3 is 2.94 bits per heavy atom. The van der Waals surface area contributed by atoms with Crippen LogP contribution in [0.3, 0.4) is 0 Å². The normalized spacial score (nSPS) is 10.6. The Hall–Kier alpha value is -1.27. The van der Waals surface area contributed by atoms with Gasteiger partial charge in [0.15, 0.2) is 5.82 Å². The third-order valence-electron chi connectivity index (χ3n) is 2.52. The Balaban J connectivity index is 2.19. The van der Waals surface area contributed by atoms with Crippen LogP contribution in [0, 0.1) is 5.82 Å². The second kappa shape index (κ2) is 5.58. The standard InChI is InChI=1S/C12H14FN3S2/c1-16(7-8-4-3-5-9(13)6-8)12-10(17-2)11(14)15-18-12/h3-6H,7H2,1-2H3,(H2,14,15). The number of rotatable bonds is 4. The molecular weight excluding hydrogens is 269 g/mol. The first kappa shape index (κ1) is 13.2. The van der Waals surface area contributed by atoms with Crippen molar-refractivity contribution in [2.45, 2.75) is 11.4 Å². The second-order valence-electron chi connectivity index (χ2n) is 3.89. The Morgan fingerprint density at radius 2 is 2.28 bits per heavy atom. The highest BCUT2D eigenvalue weighted by molar-refractivity contribution is 7.99. The van der Waals surface area contributed by atoms with Gasteiger partial charge >= 0.3 is 0 Å². The Bertz CT molecular complexity index is 542. The summed E-state index contributed by atoms with van der Waals surface area (Å²) in [7, 11) is 1.96. The number of anilines is 2. The molecule has 0 bridgehead atoms. The number of hydrogen-bond donors (Lipinski definition) is 1. The third kappa shape index (κ3) is 2.76. The van der Waals surface area contributed by atoms with Gasteiger partial charge < -0.3 is 10.6 Å². The molecule has 2 aromatic rings. The quantitative estimate of drug-likeness (QED) is 0.875. The van der Waals surface area contributed by atoms with Gasteiger partial charge in [-0.1, -0.05) is 12.1 Å². The second-order valence-corrected chi connectivity index (χ2v) is 5.46. The van der Waals surface area contributed by atoms with E-state index in [4.69, 9.17) is 5.73 Å². The number of halogens is 1. The fourth-order valence-electron chi connectivity index (χ4n) is 1.70. The summed E-state index contributed by atoms with van der Waals surface area (Å²) in [6, 6.07) is 6.61. The Labute approximate surface area is 114 Å². The number of aromatic nitrogens is 1. The van der Waals surface area contributed by atoms with Gasteiger partial charge in [0.1, 0.15) is 10.8 Å². The summed E-state index contributed by atoms with van der Waals surface area (Å²) in [6.07, 6.45) is 1.97. The average molecular weight is 283 g/mol. The van der Waals surface area contributed by atoms with Crippen LogP contribution in [0.2, 0.25) is 0 Å². The summed E-state index contributed by atoms with van der Waals surface area (Å²) in [5.74, 6) is 0.350. The van der Waals surface area contributed by atoms with E-state index < -0.39 is 0 Å². The SMILES string of the molecule is CSc1c(N)nsc1N(C)Cc1cccc(F)c1. The molecule has 1 aromatic carbocycles. The highest BCUT2D eigenvalue weighted by Crippen LogP contribution is 2.37. The first-order valence-corrected chi connectivity index (χ1v) is 7.36. The molecule has 1 aromatic heterocycles. The molecule has 0 radical (unpaired) electrons. The average Bonchev–Trinajstić information content (AvgIpc) is 2.70. The molecule has 0 unspecified atom stereocenters. The zero-order valence-corrected chi connectivity index (χ0v) is 11.8. The first-order chi connectivity index (χ1) is 8.61. The van der Waals surface area contributed by atoms with Crippen molar-refractivity contribution in [2.75, 3.05) is 23.9 Å². The molecule has 0 amide bonds. The van der Waals surface area contributed by atoms with Gasteiger partial charge in [0.2, 0.25) is 0 Å². The van der Waals surface area contributed by atoms with Crippen LogP contribution in [0.1, 0.15) is 5.56 Å². The summed E-state index contributed by atoms with van der Waals surface area (Å²) in [4.78, 5) is 3.02. The van der Waals surface area contributed by atoms with E-state index in [9.17, 15) is 4.39 Å². The summed E-state index contributed by atoms with van der Waals surface area (Å²) in [6.45, 7) is 0.632. The van der Waals surface area contributed by atoms with E-state index in [-0.39, 0.29) is 5.82 Å². The molecule has 0 atom stereocenters. The first-order valence-electron chi connectivity index (χ1n) is 5.36. The van der Waals surface area contributed by atoms with Crippen molar-refractivity contribution in [1.29, 1.82) is 0 Å². The molecule has 6 heteroatoms. The lowest BCUT2D eigenvalue weighted by atomic mass is 10.2. The van der Waals surface area contributed by atoms with Crippen LogP contribution in [-0.4, -0.2) is 17.7 Å². The molecule has 18 heavy (non-hydrogen) atoms. The van der Waals surface area contributed by atoms with Crippen LogP contribution in [0.15, 0.2) is 29.2 Å². The van der Waals surface area contributed by atoms with Crippen LogP contribution < -0.4 is 10.6 Å². The minimum Gasteiger partial charge on any atom is -0.382 e. The molecule has 0 spiro atoms. The molecular formula is C12H14FN3S2. The van der Waals surface area contributed by atoms with Crippen LogP contribution in [0.4, 0.5) is 15.2 Å². The van der Waals surface area contributed by atoms with E-state index in [1.165, 1.54) is 17.6 Å². The van der Waals surface area contributed by atoms with Crippen molar-refractivity contribution < 1.29 is 4.39 Å². The van der Waals surface area contributed by atoms with Gasteiger partial charge in [0.25, 0.3) is 0 Å². The van der Waals surface area contributed by atoms with E-state index in [2.05, 4.69) is 4.37 Å². The topological polar surface area (TPSA) is 42.1 Å². The third-order valence-corrected chi connectivity index (χ3v) is 4.43. The molecule has 0 aliphatic heterocycles. The smallest absolute Gasteiger partial charge is 0.153 e. The maximum atomic E-state index is 13.1. The van der Waals surface area contributed by atoms with E-state index in [0.717, 1.165) is 15.5 Å². The van der Waals surface area contributed by atoms with Crippen molar-refractivity contribution in [2.24, 2.45) is 0 Å². The van der Waals surface area contributed by atoms with Gasteiger partial charge in [-0.15, -0.1) is 11.8 Å². The zero-order chi connectivity index (χ0) is 13.1. The van der Waals surface area contributed by atoms with Crippen LogP contribution in [0.25, 0.3) is 0 Å². The maximum Gasteiger partial charge on any atom is 0.153 e. The molecule has 96 valence electrons. The molecule has 0 aliphatic rings. The van der Waals surface area contributed by atoms with Crippen molar-refractivity contribution in [3.05, 3.63) is 35.6 Å². The number of hydrogen-bond acceptors (Lipinski definition) is 5. The fraction of sp³-hybridized carbons (Fsp3) is 0.250. The highest BCUT2D eigenvalue weighted by Gasteiger charge is 2.14.